The molecule has 0 saturated heterocycles. The second kappa shape index (κ2) is 4.83. The molecule has 0 aliphatic carbocycles. The van der Waals surface area contributed by atoms with E-state index < -0.39 is 21.7 Å². The zero-order valence-electron chi connectivity index (χ0n) is 8.53. The number of halogens is 4. The SMILES string of the molecule is CC(OS(=O)(=O)C(F)(F)F)c1cccc(Cl)c1. The third-order valence-electron chi connectivity index (χ3n) is 1.87. The molecule has 0 aliphatic heterocycles. The number of hydrogen-bond acceptors (Lipinski definition) is 3. The van der Waals surface area contributed by atoms with Gasteiger partial charge in [0.25, 0.3) is 0 Å². The number of hydrogen-bond donors (Lipinski definition) is 0. The Morgan fingerprint density at radius 2 is 1.94 bits per heavy atom. The van der Waals surface area contributed by atoms with Crippen molar-refractivity contribution < 1.29 is 25.8 Å². The highest BCUT2D eigenvalue weighted by Gasteiger charge is 2.48. The first-order valence-corrected chi connectivity index (χ1v) is 6.17. The normalized spacial score (nSPS) is 14.6. The lowest BCUT2D eigenvalue weighted by Crippen LogP contribution is -2.26. The summed E-state index contributed by atoms with van der Waals surface area (Å²) >= 11 is 5.62. The minimum atomic E-state index is -5.60. The lowest BCUT2D eigenvalue weighted by atomic mass is 10.1. The van der Waals surface area contributed by atoms with Crippen molar-refractivity contribution in [3.05, 3.63) is 34.9 Å². The van der Waals surface area contributed by atoms with E-state index in [2.05, 4.69) is 4.18 Å². The lowest BCUT2D eigenvalue weighted by molar-refractivity contribution is -0.0569. The third kappa shape index (κ3) is 3.58. The molecule has 1 unspecified atom stereocenters. The summed E-state index contributed by atoms with van der Waals surface area (Å²) in [6, 6.07) is 5.74. The molecular weight excluding hydrogens is 281 g/mol. The van der Waals surface area contributed by atoms with E-state index in [1.54, 1.807) is 0 Å². The van der Waals surface area contributed by atoms with Gasteiger partial charge in [0.05, 0.1) is 6.10 Å². The van der Waals surface area contributed by atoms with Crippen LogP contribution in [0.4, 0.5) is 13.2 Å². The molecule has 0 N–H and O–H groups in total. The van der Waals surface area contributed by atoms with Crippen LogP contribution in [0, 0.1) is 0 Å². The van der Waals surface area contributed by atoms with Crippen LogP contribution < -0.4 is 0 Å². The van der Waals surface area contributed by atoms with Crippen LogP contribution in [0.1, 0.15) is 18.6 Å². The van der Waals surface area contributed by atoms with E-state index in [4.69, 9.17) is 11.6 Å². The minimum Gasteiger partial charge on any atom is -0.255 e. The summed E-state index contributed by atoms with van der Waals surface area (Å²) in [6.07, 6.45) is -1.26. The van der Waals surface area contributed by atoms with E-state index in [1.165, 1.54) is 31.2 Å². The van der Waals surface area contributed by atoms with Crippen LogP contribution in [0.5, 0.6) is 0 Å². The Balaban J connectivity index is 2.91. The van der Waals surface area contributed by atoms with Gasteiger partial charge in [-0.15, -0.1) is 0 Å². The molecule has 1 aromatic carbocycles. The van der Waals surface area contributed by atoms with Crippen molar-refractivity contribution in [2.24, 2.45) is 0 Å². The average molecular weight is 289 g/mol. The van der Waals surface area contributed by atoms with E-state index in [1.807, 2.05) is 0 Å². The van der Waals surface area contributed by atoms with Crippen molar-refractivity contribution in [2.45, 2.75) is 18.5 Å². The van der Waals surface area contributed by atoms with Crippen LogP contribution in [-0.4, -0.2) is 13.9 Å². The Kier molecular flexibility index (Phi) is 4.06. The largest absolute Gasteiger partial charge is 0.523 e. The molecule has 0 spiro atoms. The Morgan fingerprint density at radius 3 is 2.41 bits per heavy atom. The second-order valence-corrected chi connectivity index (χ2v) is 5.19. The molecule has 0 fully saturated rings. The summed E-state index contributed by atoms with van der Waals surface area (Å²) in [6.45, 7) is 1.19. The molecule has 0 bridgehead atoms. The molecule has 8 heteroatoms. The summed E-state index contributed by atoms with van der Waals surface area (Å²) in [5.41, 5.74) is -5.19. The Labute approximate surface area is 101 Å². The summed E-state index contributed by atoms with van der Waals surface area (Å²) in [5, 5.41) is 0.280. The fourth-order valence-electron chi connectivity index (χ4n) is 1.06. The molecule has 0 amide bonds. The lowest BCUT2D eigenvalue weighted by Gasteiger charge is -2.14. The van der Waals surface area contributed by atoms with Gasteiger partial charge in [0.1, 0.15) is 0 Å². The highest BCUT2D eigenvalue weighted by Crippen LogP contribution is 2.30. The first-order valence-electron chi connectivity index (χ1n) is 4.38. The van der Waals surface area contributed by atoms with Gasteiger partial charge in [0.15, 0.2) is 0 Å². The van der Waals surface area contributed by atoms with Crippen LogP contribution in [0.25, 0.3) is 0 Å². The van der Waals surface area contributed by atoms with E-state index in [0.717, 1.165) is 0 Å². The topological polar surface area (TPSA) is 43.4 Å². The average Bonchev–Trinajstić information content (AvgIpc) is 2.15. The van der Waals surface area contributed by atoms with Crippen molar-refractivity contribution in [3.63, 3.8) is 0 Å². The maximum absolute atomic E-state index is 12.0. The summed E-state index contributed by atoms with van der Waals surface area (Å²) in [4.78, 5) is 0. The molecule has 96 valence electrons. The van der Waals surface area contributed by atoms with E-state index in [9.17, 15) is 21.6 Å². The predicted octanol–water partition coefficient (Wildman–Crippen LogP) is 3.27. The fourth-order valence-corrected chi connectivity index (χ4v) is 1.86. The van der Waals surface area contributed by atoms with Gasteiger partial charge >= 0.3 is 15.6 Å². The highest BCUT2D eigenvalue weighted by molar-refractivity contribution is 7.87. The molecule has 1 aromatic rings. The Hall–Kier alpha value is -0.790. The second-order valence-electron chi connectivity index (χ2n) is 3.19. The predicted molar refractivity (Wildman–Crippen MR) is 55.9 cm³/mol. The van der Waals surface area contributed by atoms with Gasteiger partial charge in [0, 0.05) is 5.02 Å². The summed E-state index contributed by atoms with van der Waals surface area (Å²) in [5.74, 6) is 0. The van der Waals surface area contributed by atoms with E-state index >= 15 is 0 Å². The third-order valence-corrected chi connectivity index (χ3v) is 3.22. The first-order chi connectivity index (χ1) is 7.63. The van der Waals surface area contributed by atoms with Crippen molar-refractivity contribution in [3.8, 4) is 0 Å². The van der Waals surface area contributed by atoms with Gasteiger partial charge < -0.3 is 0 Å². The van der Waals surface area contributed by atoms with Crippen LogP contribution in [0.3, 0.4) is 0 Å². The minimum absolute atomic E-state index is 0.241. The number of benzene rings is 1. The molecule has 0 aliphatic rings. The fraction of sp³-hybridized carbons (Fsp3) is 0.333. The number of alkyl halides is 3. The molecule has 1 rings (SSSR count). The van der Waals surface area contributed by atoms with Crippen molar-refractivity contribution >= 4 is 21.7 Å². The maximum atomic E-state index is 12.0. The van der Waals surface area contributed by atoms with Crippen molar-refractivity contribution in [1.29, 1.82) is 0 Å². The molecule has 17 heavy (non-hydrogen) atoms. The van der Waals surface area contributed by atoms with Gasteiger partial charge in [-0.1, -0.05) is 23.7 Å². The van der Waals surface area contributed by atoms with E-state index in [-0.39, 0.29) is 10.6 Å². The van der Waals surface area contributed by atoms with Gasteiger partial charge in [-0.25, -0.2) is 0 Å². The highest BCUT2D eigenvalue weighted by atomic mass is 35.5. The smallest absolute Gasteiger partial charge is 0.255 e. The van der Waals surface area contributed by atoms with Gasteiger partial charge in [-0.05, 0) is 24.6 Å². The van der Waals surface area contributed by atoms with Crippen LogP contribution >= 0.6 is 11.6 Å². The molecule has 0 saturated carbocycles. The quantitative estimate of drug-likeness (QED) is 0.633. The van der Waals surface area contributed by atoms with Gasteiger partial charge in [-0.3, -0.25) is 4.18 Å². The monoisotopic (exact) mass is 288 g/mol. The zero-order chi connectivity index (χ0) is 13.3. The zero-order valence-corrected chi connectivity index (χ0v) is 10.1. The van der Waals surface area contributed by atoms with Crippen LogP contribution in [-0.2, 0) is 14.3 Å². The Bertz CT molecular complexity index is 498. The summed E-state index contributed by atoms with van der Waals surface area (Å²) < 4.78 is 61.7. The molecule has 0 radical (unpaired) electrons. The van der Waals surface area contributed by atoms with Crippen LogP contribution in [0.2, 0.25) is 5.02 Å². The first kappa shape index (κ1) is 14.3. The van der Waals surface area contributed by atoms with Crippen LogP contribution in [0.15, 0.2) is 24.3 Å². The Morgan fingerprint density at radius 1 is 1.35 bits per heavy atom. The van der Waals surface area contributed by atoms with E-state index in [0.29, 0.717) is 0 Å². The standard InChI is InChI=1S/C9H8ClF3O3S/c1-6(7-3-2-4-8(10)5-7)16-17(14,15)9(11,12)13/h2-6H,1H3. The molecule has 0 heterocycles. The van der Waals surface area contributed by atoms with Gasteiger partial charge in [-0.2, -0.15) is 21.6 Å². The van der Waals surface area contributed by atoms with Crippen molar-refractivity contribution in [2.75, 3.05) is 0 Å². The molecular formula is C9H8ClF3O3S. The van der Waals surface area contributed by atoms with Gasteiger partial charge in [0.2, 0.25) is 0 Å². The molecule has 3 nitrogen and oxygen atoms in total. The number of rotatable bonds is 3. The van der Waals surface area contributed by atoms with Crippen molar-refractivity contribution in [1.82, 2.24) is 0 Å². The molecule has 0 aromatic heterocycles. The molecule has 1 atom stereocenters. The maximum Gasteiger partial charge on any atom is 0.523 e. The summed E-state index contributed by atoms with van der Waals surface area (Å²) in [7, 11) is -5.60.